The molecule has 2 N–H and O–H groups in total. The normalized spacial score (nSPS) is 18.8. The number of benzene rings is 2. The molecule has 2 aliphatic heterocycles. The number of hydrogen-bond donors (Lipinski definition) is 2. The highest BCUT2D eigenvalue weighted by molar-refractivity contribution is 6.10. The van der Waals surface area contributed by atoms with Gasteiger partial charge in [-0.25, -0.2) is 4.99 Å². The average Bonchev–Trinajstić information content (AvgIpc) is 3.24. The molecule has 1 unspecified atom stereocenters. The van der Waals surface area contributed by atoms with Crippen LogP contribution in [0.1, 0.15) is 11.1 Å². The van der Waals surface area contributed by atoms with Gasteiger partial charge < -0.3 is 20.0 Å². The highest BCUT2D eigenvalue weighted by Crippen LogP contribution is 2.39. The largest absolute Gasteiger partial charge is 0.346 e. The van der Waals surface area contributed by atoms with Crippen molar-refractivity contribution in [3.05, 3.63) is 59.7 Å². The zero-order valence-corrected chi connectivity index (χ0v) is 19.5. The van der Waals surface area contributed by atoms with Crippen LogP contribution in [-0.4, -0.2) is 63.6 Å². The predicted octanol–water partition coefficient (Wildman–Crippen LogP) is 3.28. The Morgan fingerprint density at radius 1 is 1.19 bits per heavy atom. The lowest BCUT2D eigenvalue weighted by Crippen LogP contribution is -2.45. The number of amides is 1. The number of rotatable bonds is 5. The predicted molar refractivity (Wildman–Crippen MR) is 133 cm³/mol. The number of nitrogens with one attached hydrogen (secondary N) is 2. The molecule has 1 atom stereocenters. The molecular weight excluding hydrogens is 400 g/mol. The molecule has 7 nitrogen and oxygen atoms in total. The third kappa shape index (κ3) is 4.40. The maximum absolute atomic E-state index is 12.7. The summed E-state index contributed by atoms with van der Waals surface area (Å²) >= 11 is 0. The second-order valence-electron chi connectivity index (χ2n) is 8.72. The maximum atomic E-state index is 12.7. The van der Waals surface area contributed by atoms with Crippen molar-refractivity contribution in [2.75, 3.05) is 56.0 Å². The van der Waals surface area contributed by atoms with Crippen LogP contribution in [-0.2, 0) is 4.79 Å². The molecule has 1 amide bonds. The van der Waals surface area contributed by atoms with E-state index in [1.165, 1.54) is 0 Å². The molecule has 7 heteroatoms. The van der Waals surface area contributed by atoms with Crippen LogP contribution in [0, 0.1) is 13.8 Å². The smallest absolute Gasteiger partial charge is 0.250 e. The maximum Gasteiger partial charge on any atom is 0.250 e. The lowest BCUT2D eigenvalue weighted by molar-refractivity contribution is -0.113. The standard InChI is InChI=1S/C25H32N6O/c1-17-9-6-7-10-19(17)27-25-23-15-26-16-31(23)22-14-21(18(2)13-20(22)28-25)30(5)24(32)11-8-12-29(3)4/h6-11,13-14,23,26H,12,15-16H2,1-5H3,(H,27,28)/b11-8+. The zero-order valence-electron chi connectivity index (χ0n) is 19.5. The molecule has 1 fully saturated rings. The monoisotopic (exact) mass is 432 g/mol. The van der Waals surface area contributed by atoms with Gasteiger partial charge in [-0.1, -0.05) is 24.3 Å². The molecule has 0 spiro atoms. The fraction of sp³-hybridized carbons (Fsp3) is 0.360. The van der Waals surface area contributed by atoms with E-state index in [2.05, 4.69) is 40.7 Å². The van der Waals surface area contributed by atoms with Crippen LogP contribution in [0.25, 0.3) is 0 Å². The lowest BCUT2D eigenvalue weighted by Gasteiger charge is -2.36. The van der Waals surface area contributed by atoms with Gasteiger partial charge in [0.05, 0.1) is 23.7 Å². The van der Waals surface area contributed by atoms with E-state index in [1.807, 2.05) is 57.2 Å². The van der Waals surface area contributed by atoms with Gasteiger partial charge >= 0.3 is 0 Å². The Balaban J connectivity index is 1.66. The Morgan fingerprint density at radius 2 is 1.97 bits per heavy atom. The van der Waals surface area contributed by atoms with Crippen LogP contribution in [0.4, 0.5) is 22.7 Å². The molecule has 4 rings (SSSR count). The molecule has 2 aliphatic rings. The van der Waals surface area contributed by atoms with E-state index in [4.69, 9.17) is 4.99 Å². The van der Waals surface area contributed by atoms with Crippen LogP contribution in [0.15, 0.2) is 53.5 Å². The number of carbonyl (C=O) groups is 1. The summed E-state index contributed by atoms with van der Waals surface area (Å²) < 4.78 is 0. The number of carbonyl (C=O) groups excluding carboxylic acids is 1. The second kappa shape index (κ2) is 9.14. The van der Waals surface area contributed by atoms with Gasteiger partial charge in [-0.15, -0.1) is 0 Å². The molecule has 0 aromatic heterocycles. The van der Waals surface area contributed by atoms with E-state index in [0.29, 0.717) is 0 Å². The van der Waals surface area contributed by atoms with Crippen molar-refractivity contribution in [3.63, 3.8) is 0 Å². The van der Waals surface area contributed by atoms with Crippen LogP contribution >= 0.6 is 0 Å². The minimum Gasteiger partial charge on any atom is -0.346 e. The van der Waals surface area contributed by atoms with E-state index in [-0.39, 0.29) is 11.9 Å². The average molecular weight is 433 g/mol. The van der Waals surface area contributed by atoms with Crippen molar-refractivity contribution >= 4 is 34.5 Å². The van der Waals surface area contributed by atoms with E-state index in [0.717, 1.165) is 59.5 Å². The molecule has 1 saturated heterocycles. The summed E-state index contributed by atoms with van der Waals surface area (Å²) in [6, 6.07) is 12.5. The fourth-order valence-electron chi connectivity index (χ4n) is 4.16. The van der Waals surface area contributed by atoms with Gasteiger partial charge in [-0.3, -0.25) is 10.1 Å². The number of aryl methyl sites for hydroxylation is 2. The van der Waals surface area contributed by atoms with Crippen molar-refractivity contribution in [3.8, 4) is 0 Å². The van der Waals surface area contributed by atoms with Gasteiger partial charge in [0, 0.05) is 31.9 Å². The van der Waals surface area contributed by atoms with Crippen LogP contribution < -0.4 is 20.4 Å². The molecule has 32 heavy (non-hydrogen) atoms. The number of amidine groups is 1. The summed E-state index contributed by atoms with van der Waals surface area (Å²) in [7, 11) is 5.80. The van der Waals surface area contributed by atoms with Gasteiger partial charge in [0.25, 0.3) is 0 Å². The first-order chi connectivity index (χ1) is 15.3. The van der Waals surface area contributed by atoms with E-state index >= 15 is 0 Å². The third-order valence-corrected chi connectivity index (χ3v) is 5.98. The number of para-hydroxylation sites is 1. The quantitative estimate of drug-likeness (QED) is 0.710. The Morgan fingerprint density at radius 3 is 2.72 bits per heavy atom. The summed E-state index contributed by atoms with van der Waals surface area (Å²) in [5, 5.41) is 7.04. The third-order valence-electron chi connectivity index (χ3n) is 5.98. The number of fused-ring (bicyclic) bond motifs is 3. The molecule has 0 aliphatic carbocycles. The van der Waals surface area contributed by atoms with Crippen LogP contribution in [0.2, 0.25) is 0 Å². The molecule has 0 bridgehead atoms. The minimum absolute atomic E-state index is 0.0310. The highest BCUT2D eigenvalue weighted by Gasteiger charge is 2.35. The van der Waals surface area contributed by atoms with Crippen molar-refractivity contribution in [2.24, 2.45) is 4.99 Å². The number of aliphatic imine (C=N–C) groups is 1. The molecule has 0 radical (unpaired) electrons. The van der Waals surface area contributed by atoms with Crippen LogP contribution in [0.5, 0.6) is 0 Å². The van der Waals surface area contributed by atoms with Crippen LogP contribution in [0.3, 0.4) is 0 Å². The van der Waals surface area contributed by atoms with E-state index in [9.17, 15) is 4.79 Å². The topological polar surface area (TPSA) is 63.2 Å². The fourth-order valence-corrected chi connectivity index (χ4v) is 4.16. The summed E-state index contributed by atoms with van der Waals surface area (Å²) in [5.74, 6) is 0.913. The Kier molecular flexibility index (Phi) is 6.30. The molecule has 0 saturated carbocycles. The van der Waals surface area contributed by atoms with Crippen molar-refractivity contribution in [2.45, 2.75) is 19.9 Å². The summed E-state index contributed by atoms with van der Waals surface area (Å²) in [6.07, 6.45) is 3.53. The van der Waals surface area contributed by atoms with Crippen molar-refractivity contribution in [1.29, 1.82) is 0 Å². The van der Waals surface area contributed by atoms with E-state index < -0.39 is 0 Å². The van der Waals surface area contributed by atoms with Crippen molar-refractivity contribution in [1.82, 2.24) is 10.2 Å². The van der Waals surface area contributed by atoms with Gasteiger partial charge in [0.1, 0.15) is 11.9 Å². The van der Waals surface area contributed by atoms with E-state index in [1.54, 1.807) is 11.0 Å². The number of hydrogen-bond acceptors (Lipinski definition) is 5. The SMILES string of the molecule is Cc1ccccc1N=C1Nc2cc(C)c(N(C)C(=O)/C=C/CN(C)C)cc2N2CNCC12. The van der Waals surface area contributed by atoms with Gasteiger partial charge in [0.2, 0.25) is 5.91 Å². The number of likely N-dealkylation sites (N-methyl/N-ethyl adjacent to an activating group) is 2. The summed E-state index contributed by atoms with van der Waals surface area (Å²) in [4.78, 5) is 23.8. The highest BCUT2D eigenvalue weighted by atomic mass is 16.2. The van der Waals surface area contributed by atoms with Gasteiger partial charge in [-0.2, -0.15) is 0 Å². The number of anilines is 3. The van der Waals surface area contributed by atoms with Gasteiger partial charge in [-0.05, 0) is 57.3 Å². The Bertz CT molecular complexity index is 1070. The number of nitrogens with zero attached hydrogens (tertiary/aromatic N) is 4. The Hall–Kier alpha value is -3.16. The first-order valence-electron chi connectivity index (χ1n) is 11.0. The molecular formula is C25H32N6O. The first kappa shape index (κ1) is 22.0. The summed E-state index contributed by atoms with van der Waals surface area (Å²) in [5.41, 5.74) is 6.18. The summed E-state index contributed by atoms with van der Waals surface area (Å²) in [6.45, 7) is 6.42. The molecule has 2 heterocycles. The molecule has 168 valence electrons. The van der Waals surface area contributed by atoms with Crippen molar-refractivity contribution < 1.29 is 4.79 Å². The minimum atomic E-state index is -0.0310. The Labute approximate surface area is 190 Å². The van der Waals surface area contributed by atoms with Gasteiger partial charge in [0.15, 0.2) is 0 Å². The molecule has 2 aromatic rings. The first-order valence-corrected chi connectivity index (χ1v) is 11.0. The molecule has 2 aromatic carbocycles. The second-order valence-corrected chi connectivity index (χ2v) is 8.72. The zero-order chi connectivity index (χ0) is 22.8. The lowest BCUT2D eigenvalue weighted by atomic mass is 10.0.